The Morgan fingerprint density at radius 3 is 2.65 bits per heavy atom. The second-order valence-electron chi connectivity index (χ2n) is 4.36. The summed E-state index contributed by atoms with van der Waals surface area (Å²) in [6, 6.07) is 0. The summed E-state index contributed by atoms with van der Waals surface area (Å²) < 4.78 is 5.51. The van der Waals surface area contributed by atoms with E-state index in [1.54, 1.807) is 0 Å². The van der Waals surface area contributed by atoms with Gasteiger partial charge in [-0.25, -0.2) is 14.8 Å². The van der Waals surface area contributed by atoms with Crippen LogP contribution in [-0.4, -0.2) is 27.7 Å². The second kappa shape index (κ2) is 5.61. The summed E-state index contributed by atoms with van der Waals surface area (Å²) in [6.45, 7) is 0.654. The molecule has 0 bridgehead atoms. The fourth-order valence-electron chi connectivity index (χ4n) is 2.06. The molecule has 0 aromatic carbocycles. The normalized spacial score (nSPS) is 16.7. The van der Waals surface area contributed by atoms with Crippen molar-refractivity contribution >= 4 is 5.97 Å². The third-order valence-corrected chi connectivity index (χ3v) is 3.04. The largest absolute Gasteiger partial charge is 0.476 e. The first-order valence-corrected chi connectivity index (χ1v) is 5.94. The van der Waals surface area contributed by atoms with Crippen molar-refractivity contribution in [1.82, 2.24) is 9.97 Å². The molecule has 1 aromatic rings. The number of hydrogen-bond donors (Lipinski definition) is 1. The molecular formula is C12H16N2O3. The smallest absolute Gasteiger partial charge is 0.356 e. The molecule has 5 heteroatoms. The highest BCUT2D eigenvalue weighted by Gasteiger charge is 2.14. The van der Waals surface area contributed by atoms with E-state index in [-0.39, 0.29) is 5.69 Å². The number of hydrogen-bond acceptors (Lipinski definition) is 4. The highest BCUT2D eigenvalue weighted by atomic mass is 16.5. The Kier molecular flexibility index (Phi) is 3.90. The third kappa shape index (κ3) is 3.41. The average molecular weight is 236 g/mol. The van der Waals surface area contributed by atoms with Gasteiger partial charge in [-0.05, 0) is 18.8 Å². The molecule has 0 unspecified atom stereocenters. The van der Waals surface area contributed by atoms with Crippen LogP contribution in [0.15, 0.2) is 12.4 Å². The van der Waals surface area contributed by atoms with Gasteiger partial charge in [0.1, 0.15) is 0 Å². The molecule has 0 aliphatic heterocycles. The lowest BCUT2D eigenvalue weighted by atomic mass is 9.90. The van der Waals surface area contributed by atoms with Gasteiger partial charge in [0.15, 0.2) is 5.69 Å². The summed E-state index contributed by atoms with van der Waals surface area (Å²) >= 11 is 0. The van der Waals surface area contributed by atoms with Gasteiger partial charge in [0.2, 0.25) is 5.88 Å². The Hall–Kier alpha value is -1.65. The summed E-state index contributed by atoms with van der Waals surface area (Å²) in [4.78, 5) is 18.2. The van der Waals surface area contributed by atoms with Crippen molar-refractivity contribution in [2.24, 2.45) is 5.92 Å². The van der Waals surface area contributed by atoms with Crippen LogP contribution < -0.4 is 4.74 Å². The standard InChI is InChI=1S/C12H16N2O3/c15-12(16)10-6-14-11(7-13-10)17-8-9-4-2-1-3-5-9/h6-7,9H,1-5,8H2,(H,15,16). The number of aromatic carboxylic acids is 1. The average Bonchev–Trinajstić information content (AvgIpc) is 2.38. The molecule has 1 saturated carbocycles. The first kappa shape index (κ1) is 11.8. The molecule has 1 heterocycles. The van der Waals surface area contributed by atoms with Gasteiger partial charge in [0, 0.05) is 0 Å². The topological polar surface area (TPSA) is 72.3 Å². The molecule has 5 nitrogen and oxygen atoms in total. The lowest BCUT2D eigenvalue weighted by Crippen LogP contribution is -2.16. The summed E-state index contributed by atoms with van der Waals surface area (Å²) in [5.74, 6) is -0.0680. The van der Waals surface area contributed by atoms with Crippen molar-refractivity contribution in [2.45, 2.75) is 32.1 Å². The Labute approximate surface area is 99.9 Å². The van der Waals surface area contributed by atoms with E-state index in [1.807, 2.05) is 0 Å². The van der Waals surface area contributed by atoms with Gasteiger partial charge in [-0.1, -0.05) is 19.3 Å². The van der Waals surface area contributed by atoms with E-state index in [2.05, 4.69) is 9.97 Å². The second-order valence-corrected chi connectivity index (χ2v) is 4.36. The highest BCUT2D eigenvalue weighted by molar-refractivity contribution is 5.84. The van der Waals surface area contributed by atoms with E-state index in [0.29, 0.717) is 18.4 Å². The van der Waals surface area contributed by atoms with E-state index in [9.17, 15) is 4.79 Å². The van der Waals surface area contributed by atoms with E-state index in [4.69, 9.17) is 9.84 Å². The zero-order valence-electron chi connectivity index (χ0n) is 9.63. The molecule has 0 atom stereocenters. The van der Waals surface area contributed by atoms with Crippen molar-refractivity contribution in [3.8, 4) is 5.88 Å². The van der Waals surface area contributed by atoms with Gasteiger partial charge in [0.05, 0.1) is 19.0 Å². The van der Waals surface area contributed by atoms with Crippen LogP contribution in [0.5, 0.6) is 5.88 Å². The van der Waals surface area contributed by atoms with Crippen LogP contribution in [0.1, 0.15) is 42.6 Å². The monoisotopic (exact) mass is 236 g/mol. The number of carboxylic acids is 1. The number of carboxylic acid groups (broad SMARTS) is 1. The van der Waals surface area contributed by atoms with Crippen LogP contribution in [-0.2, 0) is 0 Å². The Morgan fingerprint density at radius 1 is 1.29 bits per heavy atom. The maximum absolute atomic E-state index is 10.6. The first-order valence-electron chi connectivity index (χ1n) is 5.94. The molecule has 17 heavy (non-hydrogen) atoms. The Bertz CT molecular complexity index is 372. The predicted molar refractivity (Wildman–Crippen MR) is 61.1 cm³/mol. The molecule has 1 aliphatic rings. The predicted octanol–water partition coefficient (Wildman–Crippen LogP) is 2.13. The summed E-state index contributed by atoms with van der Waals surface area (Å²) in [5.41, 5.74) is -0.0602. The number of nitrogens with zero attached hydrogens (tertiary/aromatic N) is 2. The van der Waals surface area contributed by atoms with E-state index in [1.165, 1.54) is 44.5 Å². The fourth-order valence-corrected chi connectivity index (χ4v) is 2.06. The SMILES string of the molecule is O=C(O)c1cnc(OCC2CCCCC2)cn1. The number of carbonyl (C=O) groups is 1. The van der Waals surface area contributed by atoms with Crippen LogP contribution in [0.25, 0.3) is 0 Å². The molecular weight excluding hydrogens is 220 g/mol. The minimum Gasteiger partial charge on any atom is -0.476 e. The van der Waals surface area contributed by atoms with Crippen LogP contribution in [0, 0.1) is 5.92 Å². The maximum atomic E-state index is 10.6. The molecule has 1 N–H and O–H groups in total. The van der Waals surface area contributed by atoms with Gasteiger partial charge in [-0.2, -0.15) is 0 Å². The molecule has 1 aliphatic carbocycles. The van der Waals surface area contributed by atoms with Crippen molar-refractivity contribution in [3.05, 3.63) is 18.1 Å². The first-order chi connectivity index (χ1) is 8.25. The molecule has 0 radical (unpaired) electrons. The number of ether oxygens (including phenoxy) is 1. The summed E-state index contributed by atoms with van der Waals surface area (Å²) in [6.07, 6.45) is 8.88. The lowest BCUT2D eigenvalue weighted by Gasteiger charge is -2.21. The molecule has 92 valence electrons. The van der Waals surface area contributed by atoms with Crippen molar-refractivity contribution in [2.75, 3.05) is 6.61 Å². The minimum atomic E-state index is -1.07. The molecule has 1 aromatic heterocycles. The molecule has 0 amide bonds. The minimum absolute atomic E-state index is 0.0602. The van der Waals surface area contributed by atoms with Gasteiger partial charge in [-0.15, -0.1) is 0 Å². The van der Waals surface area contributed by atoms with Crippen molar-refractivity contribution in [1.29, 1.82) is 0 Å². The summed E-state index contributed by atoms with van der Waals surface area (Å²) in [5, 5.41) is 8.67. The van der Waals surface area contributed by atoms with Gasteiger partial charge in [-0.3, -0.25) is 0 Å². The van der Waals surface area contributed by atoms with Crippen LogP contribution >= 0.6 is 0 Å². The zero-order chi connectivity index (χ0) is 12.1. The van der Waals surface area contributed by atoms with Crippen LogP contribution in [0.4, 0.5) is 0 Å². The third-order valence-electron chi connectivity index (χ3n) is 3.04. The number of aromatic nitrogens is 2. The Balaban J connectivity index is 1.84. The molecule has 0 saturated heterocycles. The molecule has 2 rings (SSSR count). The fraction of sp³-hybridized carbons (Fsp3) is 0.583. The van der Waals surface area contributed by atoms with E-state index < -0.39 is 5.97 Å². The maximum Gasteiger partial charge on any atom is 0.356 e. The molecule has 1 fully saturated rings. The van der Waals surface area contributed by atoms with Crippen LogP contribution in [0.2, 0.25) is 0 Å². The Morgan fingerprint density at radius 2 is 2.06 bits per heavy atom. The zero-order valence-corrected chi connectivity index (χ0v) is 9.63. The highest BCUT2D eigenvalue weighted by Crippen LogP contribution is 2.24. The van der Waals surface area contributed by atoms with Gasteiger partial charge >= 0.3 is 5.97 Å². The van der Waals surface area contributed by atoms with Gasteiger partial charge < -0.3 is 9.84 Å². The van der Waals surface area contributed by atoms with Gasteiger partial charge in [0.25, 0.3) is 0 Å². The van der Waals surface area contributed by atoms with Crippen molar-refractivity contribution in [3.63, 3.8) is 0 Å². The van der Waals surface area contributed by atoms with Crippen molar-refractivity contribution < 1.29 is 14.6 Å². The lowest BCUT2D eigenvalue weighted by molar-refractivity contribution is 0.0689. The summed E-state index contributed by atoms with van der Waals surface area (Å²) in [7, 11) is 0. The van der Waals surface area contributed by atoms with Crippen LogP contribution in [0.3, 0.4) is 0 Å². The quantitative estimate of drug-likeness (QED) is 0.867. The van der Waals surface area contributed by atoms with E-state index >= 15 is 0 Å². The van der Waals surface area contributed by atoms with E-state index in [0.717, 1.165) is 0 Å². The molecule has 0 spiro atoms. The number of rotatable bonds is 4.